The summed E-state index contributed by atoms with van der Waals surface area (Å²) in [5.41, 5.74) is 0. The molecule has 7 rings (SSSR count). The minimum absolute atomic E-state index is 1.22. The summed E-state index contributed by atoms with van der Waals surface area (Å²) in [6.45, 7) is 0. The molecule has 0 aromatic carbocycles. The van der Waals surface area contributed by atoms with Crippen LogP contribution in [-0.2, 0) is 0 Å². The van der Waals surface area contributed by atoms with Crippen LogP contribution in [-0.4, -0.2) is 0 Å². The third-order valence-corrected chi connectivity index (χ3v) is 7.65. The SMILES string of the molecule is C1C2C3C4C([C@@H]5CC[C@H]4C5)[C@H]2[C@H]2C1[C@@H]32. The summed E-state index contributed by atoms with van der Waals surface area (Å²) in [5, 5.41) is 0. The van der Waals surface area contributed by atoms with Crippen LogP contribution in [0.3, 0.4) is 0 Å². The highest BCUT2D eigenvalue weighted by Crippen LogP contribution is 2.87. The average Bonchev–Trinajstić information content (AvgIpc) is 2.80. The maximum absolute atomic E-state index is 1.69. The first-order valence-electron chi connectivity index (χ1n) is 6.95. The highest BCUT2D eigenvalue weighted by Gasteiger charge is 2.82. The fraction of sp³-hybridized carbons (Fsp3) is 1.00. The molecule has 0 amide bonds. The smallest absolute Gasteiger partial charge is 0.0315 e. The molecule has 7 aliphatic rings. The zero-order valence-electron chi connectivity index (χ0n) is 8.60. The molecule has 0 spiro atoms. The second-order valence-electron chi connectivity index (χ2n) is 7.36. The van der Waals surface area contributed by atoms with E-state index in [-0.39, 0.29) is 0 Å². The molecule has 8 bridgehead atoms. The van der Waals surface area contributed by atoms with Gasteiger partial charge in [-0.1, -0.05) is 0 Å². The molecular weight excluding hydrogens is 168 g/mol. The van der Waals surface area contributed by atoms with Gasteiger partial charge in [0.1, 0.15) is 0 Å². The van der Waals surface area contributed by atoms with Gasteiger partial charge in [-0.05, 0) is 84.9 Å². The fourth-order valence-corrected chi connectivity index (χ4v) is 7.89. The van der Waals surface area contributed by atoms with Crippen molar-refractivity contribution in [1.29, 1.82) is 0 Å². The standard InChI is InChI=1S/C14H18/c1-2-6-3-5(1)9-10(6)12-7-4-8-13(11(7)9)14(8)12/h5-14H,1-4H2/t5-,6+,7?,8?,9?,10?,11+,12?,13-,14+/m1/s1. The molecule has 7 aliphatic carbocycles. The van der Waals surface area contributed by atoms with E-state index < -0.39 is 0 Å². The van der Waals surface area contributed by atoms with E-state index in [1.54, 1.807) is 25.7 Å². The van der Waals surface area contributed by atoms with Crippen LogP contribution in [0, 0.1) is 59.2 Å². The van der Waals surface area contributed by atoms with Crippen molar-refractivity contribution in [2.24, 2.45) is 59.2 Å². The first kappa shape index (κ1) is 6.55. The van der Waals surface area contributed by atoms with Gasteiger partial charge in [-0.3, -0.25) is 0 Å². The number of rotatable bonds is 0. The van der Waals surface area contributed by atoms with E-state index in [2.05, 4.69) is 0 Å². The Bertz CT molecular complexity index is 316. The lowest BCUT2D eigenvalue weighted by molar-refractivity contribution is 0.139. The van der Waals surface area contributed by atoms with Gasteiger partial charge < -0.3 is 0 Å². The van der Waals surface area contributed by atoms with Crippen LogP contribution in [0.25, 0.3) is 0 Å². The quantitative estimate of drug-likeness (QED) is 0.545. The third-order valence-electron chi connectivity index (χ3n) is 7.65. The van der Waals surface area contributed by atoms with Crippen molar-refractivity contribution in [1.82, 2.24) is 0 Å². The summed E-state index contributed by atoms with van der Waals surface area (Å²) >= 11 is 0. The summed E-state index contributed by atoms with van der Waals surface area (Å²) in [6.07, 6.45) is 6.62. The van der Waals surface area contributed by atoms with Crippen LogP contribution in [0.5, 0.6) is 0 Å². The van der Waals surface area contributed by atoms with Crippen molar-refractivity contribution in [3.05, 3.63) is 0 Å². The molecule has 0 aromatic heterocycles. The Labute approximate surface area is 85.4 Å². The molecule has 0 N–H and O–H groups in total. The van der Waals surface area contributed by atoms with Crippen LogP contribution in [0.1, 0.15) is 25.7 Å². The van der Waals surface area contributed by atoms with Crippen molar-refractivity contribution in [2.45, 2.75) is 25.7 Å². The predicted octanol–water partition coefficient (Wildman–Crippen LogP) is 2.79. The highest BCUT2D eigenvalue weighted by atomic mass is 14.9. The van der Waals surface area contributed by atoms with Gasteiger partial charge in [0.25, 0.3) is 0 Å². The number of fused-ring (bicyclic) bond motifs is 5. The molecule has 0 aliphatic heterocycles. The summed E-state index contributed by atoms with van der Waals surface area (Å²) in [6, 6.07) is 0. The second-order valence-corrected chi connectivity index (χ2v) is 7.36. The van der Waals surface area contributed by atoms with Crippen LogP contribution < -0.4 is 0 Å². The van der Waals surface area contributed by atoms with Crippen molar-refractivity contribution >= 4 is 0 Å². The second kappa shape index (κ2) is 1.62. The van der Waals surface area contributed by atoms with E-state index in [4.69, 9.17) is 0 Å². The first-order chi connectivity index (χ1) is 6.95. The highest BCUT2D eigenvalue weighted by molar-refractivity contribution is 5.29. The summed E-state index contributed by atoms with van der Waals surface area (Å²) in [7, 11) is 0. The Morgan fingerprint density at radius 1 is 0.500 bits per heavy atom. The molecule has 10 atom stereocenters. The normalized spacial score (nSPS) is 84.0. The van der Waals surface area contributed by atoms with Gasteiger partial charge in [0, 0.05) is 0 Å². The molecule has 0 nitrogen and oxygen atoms in total. The lowest BCUT2D eigenvalue weighted by Gasteiger charge is -2.34. The van der Waals surface area contributed by atoms with Crippen LogP contribution in [0.15, 0.2) is 0 Å². The van der Waals surface area contributed by atoms with Gasteiger partial charge in [0.05, 0.1) is 0 Å². The van der Waals surface area contributed by atoms with Crippen LogP contribution >= 0.6 is 0 Å². The van der Waals surface area contributed by atoms with Gasteiger partial charge in [0.2, 0.25) is 0 Å². The van der Waals surface area contributed by atoms with Crippen molar-refractivity contribution in [3.8, 4) is 0 Å². The maximum atomic E-state index is 1.69. The molecule has 7 fully saturated rings. The summed E-state index contributed by atoms with van der Waals surface area (Å²) in [4.78, 5) is 0. The topological polar surface area (TPSA) is 0 Å². The molecule has 0 heteroatoms. The lowest BCUT2D eigenvalue weighted by Crippen LogP contribution is -2.29. The third kappa shape index (κ3) is 0.417. The number of hydrogen-bond acceptors (Lipinski definition) is 0. The van der Waals surface area contributed by atoms with Crippen molar-refractivity contribution in [2.75, 3.05) is 0 Å². The zero-order chi connectivity index (χ0) is 8.60. The minimum atomic E-state index is 1.22. The van der Waals surface area contributed by atoms with E-state index in [9.17, 15) is 0 Å². The summed E-state index contributed by atoms with van der Waals surface area (Å²) in [5.74, 6) is 12.7. The van der Waals surface area contributed by atoms with Crippen molar-refractivity contribution < 1.29 is 0 Å². The molecule has 5 unspecified atom stereocenters. The predicted molar refractivity (Wildman–Crippen MR) is 53.4 cm³/mol. The van der Waals surface area contributed by atoms with Gasteiger partial charge in [-0.2, -0.15) is 0 Å². The van der Waals surface area contributed by atoms with E-state index in [0.717, 1.165) is 0 Å². The van der Waals surface area contributed by atoms with E-state index >= 15 is 0 Å². The zero-order valence-corrected chi connectivity index (χ0v) is 8.60. The molecule has 0 radical (unpaired) electrons. The van der Waals surface area contributed by atoms with E-state index in [1.807, 2.05) is 0 Å². The fourth-order valence-electron chi connectivity index (χ4n) is 7.89. The molecule has 74 valence electrons. The monoisotopic (exact) mass is 186 g/mol. The van der Waals surface area contributed by atoms with Gasteiger partial charge >= 0.3 is 0 Å². The number of hydrogen-bond donors (Lipinski definition) is 0. The molecule has 0 heterocycles. The molecule has 0 aromatic rings. The minimum Gasteiger partial charge on any atom is -0.0499 e. The lowest BCUT2D eigenvalue weighted by atomic mass is 9.71. The summed E-state index contributed by atoms with van der Waals surface area (Å²) < 4.78 is 0. The van der Waals surface area contributed by atoms with Crippen LogP contribution in [0.2, 0.25) is 0 Å². The Morgan fingerprint density at radius 3 is 1.50 bits per heavy atom. The van der Waals surface area contributed by atoms with Gasteiger partial charge in [-0.25, -0.2) is 0 Å². The Kier molecular flexibility index (Phi) is 0.758. The molecule has 0 saturated heterocycles. The van der Waals surface area contributed by atoms with Gasteiger partial charge in [0.15, 0.2) is 0 Å². The van der Waals surface area contributed by atoms with Gasteiger partial charge in [-0.15, -0.1) is 0 Å². The van der Waals surface area contributed by atoms with E-state index in [1.165, 1.54) is 59.2 Å². The van der Waals surface area contributed by atoms with Crippen LogP contribution in [0.4, 0.5) is 0 Å². The first-order valence-corrected chi connectivity index (χ1v) is 6.95. The van der Waals surface area contributed by atoms with Crippen molar-refractivity contribution in [3.63, 3.8) is 0 Å². The maximum Gasteiger partial charge on any atom is -0.0315 e. The Morgan fingerprint density at radius 2 is 1.00 bits per heavy atom. The Hall–Kier alpha value is 0. The van der Waals surface area contributed by atoms with E-state index in [0.29, 0.717) is 0 Å². The average molecular weight is 186 g/mol. The molecular formula is C14H18. The Balaban J connectivity index is 1.59. The largest absolute Gasteiger partial charge is 0.0499 e. The molecule has 7 saturated carbocycles. The molecule has 14 heavy (non-hydrogen) atoms.